The van der Waals surface area contributed by atoms with Crippen LogP contribution >= 0.6 is 0 Å². The predicted octanol–water partition coefficient (Wildman–Crippen LogP) is 2.27. The normalized spacial score (nSPS) is 40.7. The monoisotopic (exact) mass is 269 g/mol. The lowest BCUT2D eigenvalue weighted by atomic mass is 9.73. The second-order valence-electron chi connectivity index (χ2n) is 6.94. The molecular weight excluding hydrogens is 238 g/mol. The van der Waals surface area contributed by atoms with Crippen LogP contribution in [0.15, 0.2) is 0 Å². The Hall–Kier alpha value is -0.120. The molecule has 1 saturated heterocycles. The lowest BCUT2D eigenvalue weighted by Gasteiger charge is -2.40. The van der Waals surface area contributed by atoms with E-state index >= 15 is 0 Å². The molecule has 5 unspecified atom stereocenters. The predicted molar refractivity (Wildman–Crippen MR) is 78.0 cm³/mol. The van der Waals surface area contributed by atoms with Crippen LogP contribution in [0, 0.1) is 17.8 Å². The number of rotatable bonds is 5. The van der Waals surface area contributed by atoms with Gasteiger partial charge in [0.2, 0.25) is 0 Å². The van der Waals surface area contributed by atoms with Gasteiger partial charge in [-0.1, -0.05) is 13.8 Å². The zero-order chi connectivity index (χ0) is 13.8. The highest BCUT2D eigenvalue weighted by Gasteiger charge is 2.36. The van der Waals surface area contributed by atoms with Gasteiger partial charge < -0.3 is 15.1 Å². The van der Waals surface area contributed by atoms with E-state index in [9.17, 15) is 5.11 Å². The molecule has 2 N–H and O–H groups in total. The summed E-state index contributed by atoms with van der Waals surface area (Å²) in [5.41, 5.74) is 0. The molecule has 0 aromatic heterocycles. The minimum absolute atomic E-state index is 0.113. The van der Waals surface area contributed by atoms with Crippen LogP contribution in [-0.4, -0.2) is 47.0 Å². The number of aliphatic hydroxyl groups is 2. The first-order valence-corrected chi connectivity index (χ1v) is 8.14. The molecule has 0 aromatic carbocycles. The van der Waals surface area contributed by atoms with Crippen LogP contribution in [-0.2, 0) is 0 Å². The molecule has 0 aromatic rings. The van der Waals surface area contributed by atoms with Crippen LogP contribution in [0.2, 0.25) is 0 Å². The molecule has 0 amide bonds. The van der Waals surface area contributed by atoms with E-state index in [0.29, 0.717) is 30.4 Å². The lowest BCUT2D eigenvalue weighted by Crippen LogP contribution is -2.44. The minimum Gasteiger partial charge on any atom is -0.396 e. The molecule has 0 radical (unpaired) electrons. The Labute approximate surface area is 118 Å². The van der Waals surface area contributed by atoms with Crippen molar-refractivity contribution >= 4 is 0 Å². The number of hydrogen-bond acceptors (Lipinski definition) is 3. The van der Waals surface area contributed by atoms with Gasteiger partial charge in [0.15, 0.2) is 0 Å². The molecule has 1 saturated carbocycles. The van der Waals surface area contributed by atoms with Gasteiger partial charge in [0, 0.05) is 25.1 Å². The van der Waals surface area contributed by atoms with Crippen molar-refractivity contribution in [1.82, 2.24) is 4.90 Å². The SMILES string of the molecule is CC1CC(C)C(CN2CCCC2CCCO)C(O)C1. The van der Waals surface area contributed by atoms with Crippen molar-refractivity contribution in [2.45, 2.75) is 64.5 Å². The lowest BCUT2D eigenvalue weighted by molar-refractivity contribution is -0.00466. The fourth-order valence-electron chi connectivity index (χ4n) is 4.23. The summed E-state index contributed by atoms with van der Waals surface area (Å²) < 4.78 is 0. The fourth-order valence-corrected chi connectivity index (χ4v) is 4.23. The molecule has 2 rings (SSSR count). The molecule has 2 fully saturated rings. The van der Waals surface area contributed by atoms with E-state index in [0.717, 1.165) is 25.8 Å². The molecule has 0 spiro atoms. The standard InChI is InChI=1S/C16H31NO2/c1-12-9-13(2)15(16(19)10-12)11-17-7-3-5-14(17)6-4-8-18/h12-16,18-19H,3-11H2,1-2H3. The number of hydrogen-bond donors (Lipinski definition) is 2. The summed E-state index contributed by atoms with van der Waals surface area (Å²) >= 11 is 0. The molecule has 1 aliphatic carbocycles. The van der Waals surface area contributed by atoms with Crippen molar-refractivity contribution in [1.29, 1.82) is 0 Å². The average molecular weight is 269 g/mol. The van der Waals surface area contributed by atoms with Crippen LogP contribution in [0.5, 0.6) is 0 Å². The highest BCUT2D eigenvalue weighted by Crippen LogP contribution is 2.35. The van der Waals surface area contributed by atoms with Gasteiger partial charge in [0.05, 0.1) is 6.10 Å². The summed E-state index contributed by atoms with van der Waals surface area (Å²) in [5.74, 6) is 1.76. The van der Waals surface area contributed by atoms with Crippen molar-refractivity contribution in [3.8, 4) is 0 Å². The molecule has 1 aliphatic heterocycles. The van der Waals surface area contributed by atoms with Gasteiger partial charge in [-0.3, -0.25) is 0 Å². The Morgan fingerprint density at radius 2 is 2.00 bits per heavy atom. The third kappa shape index (κ3) is 3.93. The molecule has 3 nitrogen and oxygen atoms in total. The van der Waals surface area contributed by atoms with E-state index in [1.807, 2.05) is 0 Å². The molecule has 0 bridgehead atoms. The van der Waals surface area contributed by atoms with E-state index in [4.69, 9.17) is 5.11 Å². The Bertz CT molecular complexity index is 259. The maximum Gasteiger partial charge on any atom is 0.0585 e. The summed E-state index contributed by atoms with van der Waals surface area (Å²) in [7, 11) is 0. The highest BCUT2D eigenvalue weighted by molar-refractivity contribution is 4.88. The quantitative estimate of drug-likeness (QED) is 0.804. The highest BCUT2D eigenvalue weighted by atomic mass is 16.3. The molecule has 5 atom stereocenters. The zero-order valence-corrected chi connectivity index (χ0v) is 12.6. The van der Waals surface area contributed by atoms with Crippen molar-refractivity contribution in [3.63, 3.8) is 0 Å². The first kappa shape index (κ1) is 15.3. The molecule has 1 heterocycles. The number of likely N-dealkylation sites (tertiary alicyclic amines) is 1. The topological polar surface area (TPSA) is 43.7 Å². The molecule has 112 valence electrons. The van der Waals surface area contributed by atoms with Crippen molar-refractivity contribution < 1.29 is 10.2 Å². The second kappa shape index (κ2) is 7.05. The first-order valence-electron chi connectivity index (χ1n) is 8.14. The molecular formula is C16H31NO2. The van der Waals surface area contributed by atoms with Crippen molar-refractivity contribution in [2.24, 2.45) is 17.8 Å². The maximum absolute atomic E-state index is 10.4. The van der Waals surface area contributed by atoms with Crippen LogP contribution in [0.4, 0.5) is 0 Å². The van der Waals surface area contributed by atoms with Gasteiger partial charge in [0.1, 0.15) is 0 Å². The van der Waals surface area contributed by atoms with Crippen molar-refractivity contribution in [2.75, 3.05) is 19.7 Å². The Morgan fingerprint density at radius 3 is 2.68 bits per heavy atom. The number of nitrogens with zero attached hydrogens (tertiary/aromatic N) is 1. The van der Waals surface area contributed by atoms with Crippen molar-refractivity contribution in [3.05, 3.63) is 0 Å². The smallest absolute Gasteiger partial charge is 0.0585 e. The van der Waals surface area contributed by atoms with Gasteiger partial charge in [-0.25, -0.2) is 0 Å². The molecule has 3 heteroatoms. The maximum atomic E-state index is 10.4. The van der Waals surface area contributed by atoms with Gasteiger partial charge in [-0.2, -0.15) is 0 Å². The Balaban J connectivity index is 1.88. The summed E-state index contributed by atoms with van der Waals surface area (Å²) in [6.45, 7) is 7.12. The van der Waals surface area contributed by atoms with Gasteiger partial charge in [-0.05, 0) is 56.9 Å². The number of aliphatic hydroxyl groups excluding tert-OH is 2. The van der Waals surface area contributed by atoms with Gasteiger partial charge in [-0.15, -0.1) is 0 Å². The first-order chi connectivity index (χ1) is 9.11. The second-order valence-corrected chi connectivity index (χ2v) is 6.94. The van der Waals surface area contributed by atoms with E-state index in [1.54, 1.807) is 0 Å². The molecule has 2 aliphatic rings. The third-order valence-corrected chi connectivity index (χ3v) is 5.28. The van der Waals surface area contributed by atoms with E-state index < -0.39 is 0 Å². The average Bonchev–Trinajstić information content (AvgIpc) is 2.78. The van der Waals surface area contributed by atoms with E-state index in [2.05, 4.69) is 18.7 Å². The summed E-state index contributed by atoms with van der Waals surface area (Å²) in [5, 5.41) is 19.4. The summed E-state index contributed by atoms with van der Waals surface area (Å²) in [6, 6.07) is 0.644. The van der Waals surface area contributed by atoms with Crippen LogP contribution in [0.3, 0.4) is 0 Å². The summed E-state index contributed by atoms with van der Waals surface area (Å²) in [4.78, 5) is 2.58. The zero-order valence-electron chi connectivity index (χ0n) is 12.6. The van der Waals surface area contributed by atoms with E-state index in [-0.39, 0.29) is 6.10 Å². The Kier molecular flexibility index (Phi) is 5.67. The Morgan fingerprint density at radius 1 is 1.21 bits per heavy atom. The van der Waals surface area contributed by atoms with Gasteiger partial charge >= 0.3 is 0 Å². The minimum atomic E-state index is -0.113. The van der Waals surface area contributed by atoms with Crippen LogP contribution in [0.1, 0.15) is 52.4 Å². The van der Waals surface area contributed by atoms with Gasteiger partial charge in [0.25, 0.3) is 0 Å². The molecule has 19 heavy (non-hydrogen) atoms. The summed E-state index contributed by atoms with van der Waals surface area (Å²) in [6.07, 6.45) is 6.71. The fraction of sp³-hybridized carbons (Fsp3) is 1.00. The van der Waals surface area contributed by atoms with E-state index in [1.165, 1.54) is 25.8 Å². The van der Waals surface area contributed by atoms with Crippen LogP contribution < -0.4 is 0 Å². The van der Waals surface area contributed by atoms with Crippen LogP contribution in [0.25, 0.3) is 0 Å². The largest absolute Gasteiger partial charge is 0.396 e. The third-order valence-electron chi connectivity index (χ3n) is 5.28.